The summed E-state index contributed by atoms with van der Waals surface area (Å²) in [5.41, 5.74) is 2.97. The van der Waals surface area contributed by atoms with Crippen LogP contribution < -0.4 is 0 Å². The van der Waals surface area contributed by atoms with Crippen molar-refractivity contribution >= 4 is 15.7 Å². The van der Waals surface area contributed by atoms with Crippen LogP contribution in [0.3, 0.4) is 0 Å². The number of likely N-dealkylation sites (tertiary alicyclic amines) is 1. The molecule has 2 aromatic rings. The van der Waals surface area contributed by atoms with Crippen LogP contribution in [0.4, 0.5) is 13.2 Å². The first-order chi connectivity index (χ1) is 18.1. The number of nitrogens with zero attached hydrogens (tertiary/aromatic N) is 1. The molecule has 4 nitrogen and oxygen atoms in total. The van der Waals surface area contributed by atoms with E-state index in [1.165, 1.54) is 11.6 Å². The molecule has 0 aromatic heterocycles. The summed E-state index contributed by atoms with van der Waals surface area (Å²) in [7, 11) is -4.07. The molecule has 1 fully saturated rings. The first-order valence-electron chi connectivity index (χ1n) is 14.0. The van der Waals surface area contributed by atoms with Gasteiger partial charge < -0.3 is 4.90 Å². The number of halogens is 3. The number of benzene rings is 2. The number of alkyl halides is 3. The maximum Gasteiger partial charge on any atom is 0.416 e. The Kier molecular flexibility index (Phi) is 8.69. The van der Waals surface area contributed by atoms with Crippen LogP contribution in [-0.4, -0.2) is 37.1 Å². The molecule has 3 rings (SSSR count). The molecule has 2 aromatic carbocycles. The van der Waals surface area contributed by atoms with Gasteiger partial charge in [0.25, 0.3) is 5.91 Å². The lowest BCUT2D eigenvalue weighted by Crippen LogP contribution is -2.47. The van der Waals surface area contributed by atoms with Crippen LogP contribution in [0.15, 0.2) is 41.3 Å². The topological polar surface area (TPSA) is 54.5 Å². The highest BCUT2D eigenvalue weighted by Crippen LogP contribution is 2.40. The normalized spacial score (nSPS) is 16.4. The summed E-state index contributed by atoms with van der Waals surface area (Å²) in [5.74, 6) is -0.385. The molecule has 1 aliphatic rings. The molecule has 0 saturated carbocycles. The third-order valence-electron chi connectivity index (χ3n) is 8.40. The Morgan fingerprint density at radius 1 is 0.875 bits per heavy atom. The number of carbonyl (C=O) groups is 1. The fourth-order valence-electron chi connectivity index (χ4n) is 5.84. The van der Waals surface area contributed by atoms with E-state index >= 15 is 0 Å². The molecule has 222 valence electrons. The number of amides is 1. The molecule has 1 aliphatic heterocycles. The molecule has 1 heterocycles. The minimum atomic E-state index is -4.63. The van der Waals surface area contributed by atoms with Crippen molar-refractivity contribution in [3.05, 3.63) is 64.2 Å². The summed E-state index contributed by atoms with van der Waals surface area (Å²) in [6.45, 7) is 19.0. The Hall–Kier alpha value is -2.35. The van der Waals surface area contributed by atoms with E-state index in [4.69, 9.17) is 0 Å². The molecule has 0 atom stereocenters. The van der Waals surface area contributed by atoms with Gasteiger partial charge in [-0.15, -0.1) is 0 Å². The van der Waals surface area contributed by atoms with E-state index in [9.17, 15) is 26.4 Å². The van der Waals surface area contributed by atoms with Crippen molar-refractivity contribution in [1.29, 1.82) is 0 Å². The molecule has 0 radical (unpaired) electrons. The van der Waals surface area contributed by atoms with Gasteiger partial charge in [0, 0.05) is 18.7 Å². The fourth-order valence-corrected chi connectivity index (χ4v) is 7.66. The maximum absolute atomic E-state index is 13.8. The summed E-state index contributed by atoms with van der Waals surface area (Å²) in [6.07, 6.45) is -2.87. The van der Waals surface area contributed by atoms with Gasteiger partial charge >= 0.3 is 6.18 Å². The number of piperidine rings is 1. The Labute approximate surface area is 238 Å². The van der Waals surface area contributed by atoms with Crippen LogP contribution >= 0.6 is 0 Å². The smallest absolute Gasteiger partial charge is 0.339 e. The third-order valence-corrected chi connectivity index (χ3v) is 11.0. The van der Waals surface area contributed by atoms with Crippen molar-refractivity contribution < 1.29 is 26.4 Å². The molecule has 0 aliphatic carbocycles. The summed E-state index contributed by atoms with van der Waals surface area (Å²) < 4.78 is 65.6. The Morgan fingerprint density at radius 2 is 1.38 bits per heavy atom. The highest BCUT2D eigenvalue weighted by molar-refractivity contribution is 7.92. The van der Waals surface area contributed by atoms with Crippen LogP contribution in [0.1, 0.15) is 108 Å². The zero-order valence-corrected chi connectivity index (χ0v) is 26.1. The second-order valence-corrected chi connectivity index (χ2v) is 16.1. The molecular weight excluding hydrogens is 535 g/mol. The van der Waals surface area contributed by atoms with Crippen molar-refractivity contribution in [3.8, 4) is 0 Å². The lowest BCUT2D eigenvalue weighted by molar-refractivity contribution is -0.137. The summed E-state index contributed by atoms with van der Waals surface area (Å²) in [4.78, 5) is 15.2. The second-order valence-electron chi connectivity index (χ2n) is 13.6. The van der Waals surface area contributed by atoms with Gasteiger partial charge in [0.15, 0.2) is 9.84 Å². The predicted molar refractivity (Wildman–Crippen MR) is 155 cm³/mol. The minimum Gasteiger partial charge on any atom is -0.339 e. The quantitative estimate of drug-likeness (QED) is 0.361. The second kappa shape index (κ2) is 10.8. The van der Waals surface area contributed by atoms with Crippen LogP contribution in [0.2, 0.25) is 0 Å². The van der Waals surface area contributed by atoms with Gasteiger partial charge in [0.2, 0.25) is 0 Å². The molecule has 0 spiro atoms. The zero-order chi connectivity index (χ0) is 30.5. The number of sulfone groups is 1. The molecular formula is C32H44F3NO3S. The molecule has 40 heavy (non-hydrogen) atoms. The van der Waals surface area contributed by atoms with Gasteiger partial charge in [0.1, 0.15) is 0 Å². The third kappa shape index (κ3) is 6.27. The lowest BCUT2D eigenvalue weighted by atomic mass is 9.74. The van der Waals surface area contributed by atoms with Crippen molar-refractivity contribution in [2.45, 2.75) is 108 Å². The van der Waals surface area contributed by atoms with Gasteiger partial charge in [-0.25, -0.2) is 8.42 Å². The van der Waals surface area contributed by atoms with Crippen LogP contribution in [0.25, 0.3) is 0 Å². The number of hydrogen-bond acceptors (Lipinski definition) is 3. The van der Waals surface area contributed by atoms with Crippen LogP contribution in [0.5, 0.6) is 0 Å². The van der Waals surface area contributed by atoms with Gasteiger partial charge in [-0.3, -0.25) is 4.79 Å². The molecule has 0 N–H and O–H groups in total. The van der Waals surface area contributed by atoms with E-state index in [0.29, 0.717) is 31.5 Å². The number of hydrogen-bond donors (Lipinski definition) is 0. The molecule has 8 heteroatoms. The minimum absolute atomic E-state index is 0.0735. The SMILES string of the molecule is CCc1c(C(C)(C)C)cc(C(=O)N2CCC(C(C)(C)S(=O)(=O)c3cccc(C(F)(F)F)c3)CC2)cc1C(C)(C)C. The van der Waals surface area contributed by atoms with E-state index in [2.05, 4.69) is 48.5 Å². The van der Waals surface area contributed by atoms with E-state index in [-0.39, 0.29) is 27.6 Å². The summed E-state index contributed by atoms with van der Waals surface area (Å²) in [5, 5.41) is 0. The first-order valence-corrected chi connectivity index (χ1v) is 15.5. The average Bonchev–Trinajstić information content (AvgIpc) is 2.85. The van der Waals surface area contributed by atoms with Crippen LogP contribution in [-0.2, 0) is 33.3 Å². The summed E-state index contributed by atoms with van der Waals surface area (Å²) >= 11 is 0. The van der Waals surface area contributed by atoms with Gasteiger partial charge in [-0.2, -0.15) is 13.2 Å². The molecule has 1 amide bonds. The Morgan fingerprint density at radius 3 is 1.80 bits per heavy atom. The summed E-state index contributed by atoms with van der Waals surface area (Å²) in [6, 6.07) is 7.99. The van der Waals surface area contributed by atoms with Gasteiger partial charge in [0.05, 0.1) is 15.2 Å². The number of carbonyl (C=O) groups excluding carboxylic acids is 1. The largest absolute Gasteiger partial charge is 0.416 e. The van der Waals surface area contributed by atoms with E-state index in [1.807, 2.05) is 12.1 Å². The standard InChI is InChI=1S/C32H44F3NO3S/c1-10-25-26(29(2,3)4)18-21(19-27(25)30(5,6)7)28(37)36-16-14-22(15-17-36)31(8,9)40(38,39)24-13-11-12-23(20-24)32(33,34)35/h11-13,18-20,22H,10,14-17H2,1-9H3. The molecule has 1 saturated heterocycles. The zero-order valence-electron chi connectivity index (χ0n) is 25.3. The maximum atomic E-state index is 13.8. The Bertz CT molecular complexity index is 1320. The Balaban J connectivity index is 1.87. The average molecular weight is 580 g/mol. The van der Waals surface area contributed by atoms with Gasteiger partial charge in [-0.05, 0) is 96.9 Å². The van der Waals surface area contributed by atoms with Crippen molar-refractivity contribution in [3.63, 3.8) is 0 Å². The lowest BCUT2D eigenvalue weighted by Gasteiger charge is -2.40. The molecule has 0 bridgehead atoms. The first kappa shape index (κ1) is 32.2. The van der Waals surface area contributed by atoms with E-state index in [0.717, 1.165) is 35.7 Å². The van der Waals surface area contributed by atoms with Crippen molar-refractivity contribution in [1.82, 2.24) is 4.90 Å². The van der Waals surface area contributed by atoms with Crippen LogP contribution in [0, 0.1) is 5.92 Å². The fraction of sp³-hybridized carbons (Fsp3) is 0.594. The molecule has 0 unspecified atom stereocenters. The van der Waals surface area contributed by atoms with E-state index in [1.54, 1.807) is 18.7 Å². The highest BCUT2D eigenvalue weighted by Gasteiger charge is 2.45. The van der Waals surface area contributed by atoms with Gasteiger partial charge in [-0.1, -0.05) is 54.5 Å². The van der Waals surface area contributed by atoms with Crippen molar-refractivity contribution in [2.75, 3.05) is 13.1 Å². The number of rotatable bonds is 5. The predicted octanol–water partition coefficient (Wildman–Crippen LogP) is 7.97. The monoisotopic (exact) mass is 579 g/mol. The van der Waals surface area contributed by atoms with E-state index < -0.39 is 26.3 Å². The van der Waals surface area contributed by atoms with Crippen molar-refractivity contribution in [2.24, 2.45) is 5.92 Å². The highest BCUT2D eigenvalue weighted by atomic mass is 32.2.